The molecule has 0 saturated carbocycles. The van der Waals surface area contributed by atoms with Gasteiger partial charge in [-0.25, -0.2) is 13.4 Å². The Bertz CT molecular complexity index is 930. The maximum absolute atomic E-state index is 11.4. The molecule has 7 nitrogen and oxygen atoms in total. The van der Waals surface area contributed by atoms with Gasteiger partial charge in [0.15, 0.2) is 15.8 Å². The lowest BCUT2D eigenvalue weighted by Crippen LogP contribution is -2.38. The molecule has 1 aromatic carbocycles. The molecule has 1 N–H and O–H groups in total. The molecule has 0 amide bonds. The first-order valence-corrected chi connectivity index (χ1v) is 11.9. The zero-order chi connectivity index (χ0) is 21.6. The third-order valence-corrected chi connectivity index (χ3v) is 5.31. The summed E-state index contributed by atoms with van der Waals surface area (Å²) >= 11 is 0. The van der Waals surface area contributed by atoms with Gasteiger partial charge in [0.2, 0.25) is 0 Å². The smallest absolute Gasteiger partial charge is 0.194 e. The van der Waals surface area contributed by atoms with E-state index in [1.54, 1.807) is 0 Å². The Morgan fingerprint density at radius 2 is 1.86 bits per heavy atom. The summed E-state index contributed by atoms with van der Waals surface area (Å²) in [6.45, 7) is 8.38. The number of rotatable bonds is 8. The molecule has 0 spiro atoms. The van der Waals surface area contributed by atoms with Crippen LogP contribution in [-0.4, -0.2) is 48.9 Å². The Labute approximate surface area is 174 Å². The monoisotopic (exact) mass is 419 g/mol. The van der Waals surface area contributed by atoms with E-state index < -0.39 is 9.84 Å². The molecule has 29 heavy (non-hydrogen) atoms. The normalized spacial score (nSPS) is 12.4. The van der Waals surface area contributed by atoms with Crippen molar-refractivity contribution in [2.24, 2.45) is 12.0 Å². The van der Waals surface area contributed by atoms with Gasteiger partial charge in [0.05, 0.1) is 18.0 Å². The molecule has 2 rings (SSSR count). The summed E-state index contributed by atoms with van der Waals surface area (Å²) in [5, 5.41) is 7.92. The number of nitrogens with one attached hydrogen (secondary N) is 1. The van der Waals surface area contributed by atoms with E-state index in [9.17, 15) is 8.42 Å². The van der Waals surface area contributed by atoms with E-state index in [0.29, 0.717) is 12.5 Å². The molecule has 0 saturated heterocycles. The third-order valence-electron chi connectivity index (χ3n) is 4.45. The fourth-order valence-electron chi connectivity index (χ4n) is 3.17. The van der Waals surface area contributed by atoms with Crippen molar-refractivity contribution in [1.29, 1.82) is 0 Å². The van der Waals surface area contributed by atoms with Crippen molar-refractivity contribution in [2.75, 3.05) is 19.8 Å². The molecule has 2 aromatic rings. The lowest BCUT2D eigenvalue weighted by atomic mass is 10.1. The Kier molecular flexibility index (Phi) is 7.84. The SMILES string of the molecule is CCNC(=NCc1ccc(CS(C)(=O)=O)cc1)N(C)Cc1cn(C)nc1C(C)C. The van der Waals surface area contributed by atoms with Crippen molar-refractivity contribution in [1.82, 2.24) is 20.0 Å². The molecule has 0 aliphatic carbocycles. The van der Waals surface area contributed by atoms with Crippen LogP contribution in [0.5, 0.6) is 0 Å². The zero-order valence-electron chi connectivity index (χ0n) is 18.3. The number of aromatic nitrogens is 2. The molecule has 160 valence electrons. The lowest BCUT2D eigenvalue weighted by molar-refractivity contribution is 0.473. The number of benzene rings is 1. The van der Waals surface area contributed by atoms with Gasteiger partial charge in [-0.1, -0.05) is 38.1 Å². The second-order valence-electron chi connectivity index (χ2n) is 7.78. The molecule has 0 aliphatic rings. The predicted octanol–water partition coefficient (Wildman–Crippen LogP) is 2.69. The van der Waals surface area contributed by atoms with Crippen molar-refractivity contribution in [3.8, 4) is 0 Å². The maximum atomic E-state index is 11.4. The van der Waals surface area contributed by atoms with Gasteiger partial charge in [-0.05, 0) is 24.0 Å². The van der Waals surface area contributed by atoms with Crippen LogP contribution in [0.1, 0.15) is 49.1 Å². The van der Waals surface area contributed by atoms with Crippen molar-refractivity contribution in [3.63, 3.8) is 0 Å². The van der Waals surface area contributed by atoms with Crippen LogP contribution in [0.15, 0.2) is 35.5 Å². The molecule has 0 radical (unpaired) electrons. The van der Waals surface area contributed by atoms with E-state index in [2.05, 4.69) is 35.4 Å². The summed E-state index contributed by atoms with van der Waals surface area (Å²) < 4.78 is 24.7. The predicted molar refractivity (Wildman–Crippen MR) is 119 cm³/mol. The summed E-state index contributed by atoms with van der Waals surface area (Å²) in [4.78, 5) is 6.85. The van der Waals surface area contributed by atoms with Gasteiger partial charge in [-0.2, -0.15) is 5.10 Å². The minimum absolute atomic E-state index is 0.0607. The van der Waals surface area contributed by atoms with Gasteiger partial charge in [0, 0.05) is 45.2 Å². The Hall–Kier alpha value is -2.35. The Morgan fingerprint density at radius 1 is 1.24 bits per heavy atom. The number of sulfone groups is 1. The molecule has 0 atom stereocenters. The average molecular weight is 420 g/mol. The largest absolute Gasteiger partial charge is 0.357 e. The summed E-state index contributed by atoms with van der Waals surface area (Å²) in [6, 6.07) is 7.58. The topological polar surface area (TPSA) is 79.6 Å². The minimum atomic E-state index is -3.02. The highest BCUT2D eigenvalue weighted by molar-refractivity contribution is 7.89. The maximum Gasteiger partial charge on any atom is 0.194 e. The van der Waals surface area contributed by atoms with E-state index in [0.717, 1.165) is 35.9 Å². The summed E-state index contributed by atoms with van der Waals surface area (Å²) in [6.07, 6.45) is 3.31. The number of hydrogen-bond donors (Lipinski definition) is 1. The standard InChI is InChI=1S/C21H33N5O2S/c1-7-22-21(25(4)13-19-14-26(5)24-20(19)16(2)3)23-12-17-8-10-18(11-9-17)15-29(6,27)28/h8-11,14,16H,7,12-13,15H2,1-6H3,(H,22,23). The molecule has 0 fully saturated rings. The fourth-order valence-corrected chi connectivity index (χ4v) is 3.97. The fraction of sp³-hybridized carbons (Fsp3) is 0.524. The summed E-state index contributed by atoms with van der Waals surface area (Å²) in [5.74, 6) is 1.25. The van der Waals surface area contributed by atoms with E-state index in [1.807, 2.05) is 50.0 Å². The lowest BCUT2D eigenvalue weighted by Gasteiger charge is -2.22. The second kappa shape index (κ2) is 9.91. The van der Waals surface area contributed by atoms with E-state index >= 15 is 0 Å². The summed E-state index contributed by atoms with van der Waals surface area (Å²) in [7, 11) is 0.945. The van der Waals surface area contributed by atoms with Gasteiger partial charge >= 0.3 is 0 Å². The first-order chi connectivity index (χ1) is 13.6. The molecule has 1 heterocycles. The van der Waals surface area contributed by atoms with Crippen LogP contribution in [0.25, 0.3) is 0 Å². The van der Waals surface area contributed by atoms with Crippen LogP contribution in [0.2, 0.25) is 0 Å². The van der Waals surface area contributed by atoms with Crippen molar-refractivity contribution >= 4 is 15.8 Å². The molecule has 0 unspecified atom stereocenters. The third kappa shape index (κ3) is 7.20. The molecule has 8 heteroatoms. The highest BCUT2D eigenvalue weighted by atomic mass is 32.2. The highest BCUT2D eigenvalue weighted by Gasteiger charge is 2.15. The van der Waals surface area contributed by atoms with Crippen molar-refractivity contribution in [3.05, 3.63) is 52.8 Å². The van der Waals surface area contributed by atoms with Crippen LogP contribution in [0.4, 0.5) is 0 Å². The van der Waals surface area contributed by atoms with Gasteiger partial charge in [0.1, 0.15) is 0 Å². The Morgan fingerprint density at radius 3 is 2.41 bits per heavy atom. The number of guanidine groups is 1. The quantitative estimate of drug-likeness (QED) is 0.526. The van der Waals surface area contributed by atoms with Crippen LogP contribution in [0.3, 0.4) is 0 Å². The zero-order valence-corrected chi connectivity index (χ0v) is 19.1. The number of aliphatic imine (C=N–C) groups is 1. The molecular weight excluding hydrogens is 386 g/mol. The van der Waals surface area contributed by atoms with Crippen LogP contribution in [0, 0.1) is 0 Å². The average Bonchev–Trinajstić information content (AvgIpc) is 2.99. The number of hydrogen-bond acceptors (Lipinski definition) is 4. The number of nitrogens with zero attached hydrogens (tertiary/aromatic N) is 4. The van der Waals surface area contributed by atoms with E-state index in [4.69, 9.17) is 4.99 Å². The van der Waals surface area contributed by atoms with Gasteiger partial charge in [-0.3, -0.25) is 4.68 Å². The van der Waals surface area contributed by atoms with E-state index in [-0.39, 0.29) is 5.75 Å². The Balaban J connectivity index is 2.11. The summed E-state index contributed by atoms with van der Waals surface area (Å²) in [5.41, 5.74) is 4.13. The molecular formula is C21H33N5O2S. The molecule has 0 aliphatic heterocycles. The second-order valence-corrected chi connectivity index (χ2v) is 9.92. The van der Waals surface area contributed by atoms with E-state index in [1.165, 1.54) is 11.8 Å². The van der Waals surface area contributed by atoms with Crippen LogP contribution >= 0.6 is 0 Å². The van der Waals surface area contributed by atoms with Gasteiger partial charge in [0.25, 0.3) is 0 Å². The first kappa shape index (κ1) is 22.9. The molecule has 1 aromatic heterocycles. The van der Waals surface area contributed by atoms with Crippen molar-refractivity contribution in [2.45, 2.75) is 45.5 Å². The highest BCUT2D eigenvalue weighted by Crippen LogP contribution is 2.18. The minimum Gasteiger partial charge on any atom is -0.357 e. The van der Waals surface area contributed by atoms with Crippen LogP contribution < -0.4 is 5.32 Å². The molecule has 0 bridgehead atoms. The van der Waals surface area contributed by atoms with Crippen molar-refractivity contribution < 1.29 is 8.42 Å². The van der Waals surface area contributed by atoms with Crippen LogP contribution in [-0.2, 0) is 35.7 Å². The number of aryl methyl sites for hydroxylation is 1. The van der Waals surface area contributed by atoms with Gasteiger partial charge in [-0.15, -0.1) is 0 Å². The van der Waals surface area contributed by atoms with Gasteiger partial charge < -0.3 is 10.2 Å². The first-order valence-electron chi connectivity index (χ1n) is 9.86.